The number of carbonyl (C=O) groups excluding carboxylic acids is 2. The number of hydrogen-bond donors (Lipinski definition) is 1. The van der Waals surface area contributed by atoms with Crippen LogP contribution >= 0.6 is 0 Å². The average molecular weight is 385 g/mol. The molecule has 5 nitrogen and oxygen atoms in total. The van der Waals surface area contributed by atoms with E-state index >= 15 is 0 Å². The van der Waals surface area contributed by atoms with Gasteiger partial charge in [0, 0.05) is 31.7 Å². The highest BCUT2D eigenvalue weighted by Crippen LogP contribution is 2.41. The second-order valence-electron chi connectivity index (χ2n) is 8.44. The van der Waals surface area contributed by atoms with E-state index in [-0.39, 0.29) is 22.9 Å². The van der Waals surface area contributed by atoms with Crippen LogP contribution in [-0.4, -0.2) is 46.8 Å². The normalized spacial score (nSPS) is 23.5. The fourth-order valence-electron chi connectivity index (χ4n) is 4.83. The van der Waals surface area contributed by atoms with Crippen LogP contribution in [0.25, 0.3) is 0 Å². The van der Waals surface area contributed by atoms with Crippen molar-refractivity contribution in [3.63, 3.8) is 0 Å². The molecule has 2 fully saturated rings. The summed E-state index contributed by atoms with van der Waals surface area (Å²) in [5.74, 6) is -0.256. The lowest BCUT2D eigenvalue weighted by atomic mass is 9.73. The molecule has 0 aromatic heterocycles. The van der Waals surface area contributed by atoms with E-state index in [9.17, 15) is 14.0 Å². The minimum atomic E-state index is -0.587. The molecule has 0 bridgehead atoms. The first-order chi connectivity index (χ1) is 13.5. The highest BCUT2D eigenvalue weighted by atomic mass is 19.1. The number of allylic oxidation sites excluding steroid dienone is 2. The van der Waals surface area contributed by atoms with Gasteiger partial charge in [-0.2, -0.15) is 0 Å². The fraction of sp³-hybridized carbons (Fsp3) is 0.545. The van der Waals surface area contributed by atoms with Gasteiger partial charge >= 0.3 is 0 Å². The van der Waals surface area contributed by atoms with Gasteiger partial charge in [-0.15, -0.1) is 0 Å². The Balaban J connectivity index is 1.46. The van der Waals surface area contributed by atoms with Gasteiger partial charge in [0.15, 0.2) is 0 Å². The lowest BCUT2D eigenvalue weighted by Crippen LogP contribution is -2.67. The Morgan fingerprint density at radius 2 is 2.04 bits per heavy atom. The minimum absolute atomic E-state index is 0.0532. The third-order valence-corrected chi connectivity index (χ3v) is 6.59. The molecule has 6 heteroatoms. The molecule has 4 rings (SSSR count). The largest absolute Gasteiger partial charge is 0.399 e. The maximum atomic E-state index is 14.2. The molecule has 150 valence electrons. The SMILES string of the molecule is Nc1ccc(C(=O)N2CCN(C(=O)C[C@@H]3CC=CCC3)C3(CCC3)C2)c(F)c1. The Morgan fingerprint density at radius 3 is 2.68 bits per heavy atom. The summed E-state index contributed by atoms with van der Waals surface area (Å²) in [6.45, 7) is 1.47. The van der Waals surface area contributed by atoms with Crippen molar-refractivity contribution in [1.82, 2.24) is 9.80 Å². The summed E-state index contributed by atoms with van der Waals surface area (Å²) in [4.78, 5) is 29.7. The quantitative estimate of drug-likeness (QED) is 0.641. The number of piperazine rings is 1. The van der Waals surface area contributed by atoms with Crippen molar-refractivity contribution in [2.75, 3.05) is 25.4 Å². The number of carbonyl (C=O) groups is 2. The first-order valence-corrected chi connectivity index (χ1v) is 10.3. The van der Waals surface area contributed by atoms with Gasteiger partial charge in [-0.05, 0) is 62.6 Å². The summed E-state index contributed by atoms with van der Waals surface area (Å²) in [5.41, 5.74) is 5.69. The van der Waals surface area contributed by atoms with Crippen molar-refractivity contribution >= 4 is 17.5 Å². The third-order valence-electron chi connectivity index (χ3n) is 6.59. The second kappa shape index (κ2) is 7.57. The molecule has 1 aromatic carbocycles. The van der Waals surface area contributed by atoms with Gasteiger partial charge in [-0.25, -0.2) is 4.39 Å². The molecule has 1 aromatic rings. The summed E-state index contributed by atoms with van der Waals surface area (Å²) < 4.78 is 14.2. The van der Waals surface area contributed by atoms with Gasteiger partial charge in [0.1, 0.15) is 5.82 Å². The summed E-state index contributed by atoms with van der Waals surface area (Å²) in [5, 5.41) is 0. The minimum Gasteiger partial charge on any atom is -0.399 e. The topological polar surface area (TPSA) is 66.6 Å². The summed E-state index contributed by atoms with van der Waals surface area (Å²) in [6.07, 6.45) is 11.0. The van der Waals surface area contributed by atoms with Crippen LogP contribution in [0.5, 0.6) is 0 Å². The van der Waals surface area contributed by atoms with Gasteiger partial charge in [0.2, 0.25) is 5.91 Å². The number of rotatable bonds is 3. The first kappa shape index (κ1) is 19.0. The second-order valence-corrected chi connectivity index (χ2v) is 8.44. The zero-order valence-electron chi connectivity index (χ0n) is 16.2. The standard InChI is InChI=1S/C22H28FN3O2/c23-19-14-17(24)7-8-18(19)21(28)25-11-12-26(22(15-25)9-4-10-22)20(27)13-16-5-2-1-3-6-16/h1-2,7-8,14,16H,3-6,9-13,15,24H2/t16-/m1/s1. The number of benzene rings is 1. The number of nitrogens with zero attached hydrogens (tertiary/aromatic N) is 2. The van der Waals surface area contributed by atoms with E-state index < -0.39 is 5.82 Å². The average Bonchev–Trinajstić information content (AvgIpc) is 2.66. The van der Waals surface area contributed by atoms with Gasteiger partial charge in [0.25, 0.3) is 5.91 Å². The lowest BCUT2D eigenvalue weighted by molar-refractivity contribution is -0.148. The van der Waals surface area contributed by atoms with Gasteiger partial charge in [-0.1, -0.05) is 12.2 Å². The zero-order valence-corrected chi connectivity index (χ0v) is 16.2. The molecule has 0 unspecified atom stereocenters. The van der Waals surface area contributed by atoms with Crippen molar-refractivity contribution in [1.29, 1.82) is 0 Å². The van der Waals surface area contributed by atoms with E-state index in [1.807, 2.05) is 4.90 Å². The van der Waals surface area contributed by atoms with E-state index in [4.69, 9.17) is 5.73 Å². The van der Waals surface area contributed by atoms with Crippen LogP contribution in [0.1, 0.15) is 55.3 Å². The summed E-state index contributed by atoms with van der Waals surface area (Å²) in [6, 6.07) is 4.19. The molecule has 1 heterocycles. The van der Waals surface area contributed by atoms with Crippen molar-refractivity contribution in [2.24, 2.45) is 5.92 Å². The summed E-state index contributed by atoms with van der Waals surface area (Å²) >= 11 is 0. The molecule has 1 spiro atoms. The van der Waals surface area contributed by atoms with Crippen molar-refractivity contribution in [3.05, 3.63) is 41.7 Å². The number of amides is 2. The molecule has 28 heavy (non-hydrogen) atoms. The van der Waals surface area contributed by atoms with Crippen molar-refractivity contribution in [3.8, 4) is 0 Å². The predicted molar refractivity (Wildman–Crippen MR) is 106 cm³/mol. The number of hydrogen-bond acceptors (Lipinski definition) is 3. The van der Waals surface area contributed by atoms with Gasteiger partial charge in [0.05, 0.1) is 11.1 Å². The van der Waals surface area contributed by atoms with E-state index in [1.165, 1.54) is 12.1 Å². The maximum absolute atomic E-state index is 14.2. The highest BCUT2D eigenvalue weighted by Gasteiger charge is 2.49. The van der Waals surface area contributed by atoms with E-state index in [1.54, 1.807) is 11.0 Å². The number of nitrogens with two attached hydrogens (primary N) is 1. The van der Waals surface area contributed by atoms with E-state index in [0.717, 1.165) is 38.5 Å². The number of nitrogen functional groups attached to an aromatic ring is 1. The van der Waals surface area contributed by atoms with Crippen LogP contribution in [0.15, 0.2) is 30.4 Å². The van der Waals surface area contributed by atoms with Crippen molar-refractivity contribution in [2.45, 2.75) is 50.5 Å². The van der Waals surface area contributed by atoms with Crippen LogP contribution in [0.4, 0.5) is 10.1 Å². The van der Waals surface area contributed by atoms with Crippen molar-refractivity contribution < 1.29 is 14.0 Å². The van der Waals surface area contributed by atoms with Gasteiger partial charge < -0.3 is 15.5 Å². The molecule has 2 amide bonds. The molecule has 1 atom stereocenters. The Hall–Kier alpha value is -2.37. The number of halogens is 1. The first-order valence-electron chi connectivity index (χ1n) is 10.3. The molecular formula is C22H28FN3O2. The Bertz CT molecular complexity index is 803. The third kappa shape index (κ3) is 3.52. The molecule has 0 radical (unpaired) electrons. The smallest absolute Gasteiger partial charge is 0.256 e. The van der Waals surface area contributed by atoms with Crippen LogP contribution in [0.3, 0.4) is 0 Å². The van der Waals surface area contributed by atoms with Gasteiger partial charge in [-0.3, -0.25) is 9.59 Å². The van der Waals surface area contributed by atoms with E-state index in [0.29, 0.717) is 37.7 Å². The van der Waals surface area contributed by atoms with Crippen LogP contribution in [-0.2, 0) is 4.79 Å². The molecule has 2 N–H and O–H groups in total. The van der Waals surface area contributed by atoms with Crippen LogP contribution in [0, 0.1) is 11.7 Å². The molecular weight excluding hydrogens is 357 g/mol. The lowest BCUT2D eigenvalue weighted by Gasteiger charge is -2.56. The Labute approximate surface area is 165 Å². The van der Waals surface area contributed by atoms with Crippen LogP contribution < -0.4 is 5.73 Å². The molecule has 2 aliphatic carbocycles. The van der Waals surface area contributed by atoms with Crippen LogP contribution in [0.2, 0.25) is 0 Å². The summed E-state index contributed by atoms with van der Waals surface area (Å²) in [7, 11) is 0. The molecule has 1 saturated heterocycles. The van der Waals surface area contributed by atoms with E-state index in [2.05, 4.69) is 12.2 Å². The fourth-order valence-corrected chi connectivity index (χ4v) is 4.83. The Morgan fingerprint density at radius 1 is 1.21 bits per heavy atom. The zero-order chi connectivity index (χ0) is 19.7. The molecule has 1 saturated carbocycles. The highest BCUT2D eigenvalue weighted by molar-refractivity contribution is 5.95. The molecule has 1 aliphatic heterocycles. The Kier molecular flexibility index (Phi) is 5.13. The monoisotopic (exact) mass is 385 g/mol. The predicted octanol–water partition coefficient (Wildman–Crippen LogP) is 3.36. The maximum Gasteiger partial charge on any atom is 0.256 e. The number of anilines is 1. The molecule has 3 aliphatic rings.